The van der Waals surface area contributed by atoms with Gasteiger partial charge in [-0.05, 0) is 30.4 Å². The number of aliphatic hydroxyl groups is 1. The third kappa shape index (κ3) is 1.32. The summed E-state index contributed by atoms with van der Waals surface area (Å²) >= 11 is 1.87. The van der Waals surface area contributed by atoms with Crippen molar-refractivity contribution in [3.63, 3.8) is 0 Å². The predicted octanol–water partition coefficient (Wildman–Crippen LogP) is 2.79. The van der Waals surface area contributed by atoms with Gasteiger partial charge in [-0.2, -0.15) is 0 Å². The maximum atomic E-state index is 9.18. The average molecular weight is 196 g/mol. The van der Waals surface area contributed by atoms with Gasteiger partial charge in [0.2, 0.25) is 0 Å². The van der Waals surface area contributed by atoms with Crippen LogP contribution in [0.25, 0.3) is 0 Å². The van der Waals surface area contributed by atoms with Gasteiger partial charge in [0.15, 0.2) is 0 Å². The number of hydrogen-bond acceptors (Lipinski definition) is 2. The molecule has 72 valence electrons. The predicted molar refractivity (Wildman–Crippen MR) is 56.2 cm³/mol. The number of rotatable bonds is 2. The lowest BCUT2D eigenvalue weighted by Gasteiger charge is -1.98. The Labute approximate surface area is 83.4 Å². The van der Waals surface area contributed by atoms with Crippen molar-refractivity contribution >= 4 is 11.3 Å². The maximum absolute atomic E-state index is 9.18. The highest BCUT2D eigenvalue weighted by Gasteiger charge is 2.58. The quantitative estimate of drug-likeness (QED) is 0.771. The van der Waals surface area contributed by atoms with Crippen molar-refractivity contribution in [3.8, 4) is 0 Å². The number of thiophene rings is 1. The average Bonchev–Trinajstić information content (AvgIpc) is 2.41. The zero-order valence-corrected chi connectivity index (χ0v) is 9.19. The minimum Gasteiger partial charge on any atom is -0.396 e. The summed E-state index contributed by atoms with van der Waals surface area (Å²) in [6.07, 6.45) is 0. The molecule has 1 aromatic rings. The zero-order valence-electron chi connectivity index (χ0n) is 8.37. The third-order valence-corrected chi connectivity index (χ3v) is 4.40. The Morgan fingerprint density at radius 1 is 1.46 bits per heavy atom. The van der Waals surface area contributed by atoms with Gasteiger partial charge in [0.05, 0.1) is 0 Å². The standard InChI is InChI=1S/C11H16OS/c1-7-4-5-9(13-7)10-8(6-12)11(10,2)3/h4-5,8,10,12H,6H2,1-3H3. The summed E-state index contributed by atoms with van der Waals surface area (Å²) in [6.45, 7) is 6.95. The molecule has 0 bridgehead atoms. The van der Waals surface area contributed by atoms with Crippen molar-refractivity contribution in [2.75, 3.05) is 6.61 Å². The van der Waals surface area contributed by atoms with E-state index in [9.17, 15) is 5.11 Å². The fourth-order valence-electron chi connectivity index (χ4n) is 2.27. The molecule has 2 rings (SSSR count). The lowest BCUT2D eigenvalue weighted by Crippen LogP contribution is -1.93. The first-order valence-corrected chi connectivity index (χ1v) is 5.56. The van der Waals surface area contributed by atoms with E-state index < -0.39 is 0 Å². The van der Waals surface area contributed by atoms with E-state index in [1.165, 1.54) is 9.75 Å². The summed E-state index contributed by atoms with van der Waals surface area (Å²) < 4.78 is 0. The van der Waals surface area contributed by atoms with E-state index >= 15 is 0 Å². The van der Waals surface area contributed by atoms with E-state index in [1.807, 2.05) is 11.3 Å². The Morgan fingerprint density at radius 2 is 2.15 bits per heavy atom. The van der Waals surface area contributed by atoms with Crippen molar-refractivity contribution in [3.05, 3.63) is 21.9 Å². The van der Waals surface area contributed by atoms with Crippen molar-refractivity contribution in [1.29, 1.82) is 0 Å². The molecule has 1 fully saturated rings. The van der Waals surface area contributed by atoms with E-state index in [2.05, 4.69) is 32.9 Å². The first-order chi connectivity index (χ1) is 6.07. The van der Waals surface area contributed by atoms with Crippen molar-refractivity contribution < 1.29 is 5.11 Å². The van der Waals surface area contributed by atoms with Crippen LogP contribution >= 0.6 is 11.3 Å². The van der Waals surface area contributed by atoms with Gasteiger partial charge in [-0.1, -0.05) is 13.8 Å². The van der Waals surface area contributed by atoms with Crippen LogP contribution in [0.5, 0.6) is 0 Å². The molecule has 1 heterocycles. The lowest BCUT2D eigenvalue weighted by atomic mass is 10.1. The highest BCUT2D eigenvalue weighted by atomic mass is 32.1. The molecule has 1 saturated carbocycles. The molecule has 1 aliphatic rings. The highest BCUT2D eigenvalue weighted by molar-refractivity contribution is 7.12. The molecule has 13 heavy (non-hydrogen) atoms. The molecule has 2 heteroatoms. The van der Waals surface area contributed by atoms with Crippen LogP contribution in [-0.2, 0) is 0 Å². The molecule has 0 saturated heterocycles. The summed E-state index contributed by atoms with van der Waals surface area (Å²) in [6, 6.07) is 4.38. The van der Waals surface area contributed by atoms with Crippen LogP contribution < -0.4 is 0 Å². The normalized spacial score (nSPS) is 30.5. The first kappa shape index (κ1) is 9.22. The Bertz CT molecular complexity index is 314. The molecule has 1 nitrogen and oxygen atoms in total. The fraction of sp³-hybridized carbons (Fsp3) is 0.636. The van der Waals surface area contributed by atoms with E-state index in [4.69, 9.17) is 0 Å². The molecule has 0 aromatic carbocycles. The fourth-order valence-corrected chi connectivity index (χ4v) is 3.51. The Balaban J connectivity index is 2.21. The molecule has 1 aromatic heterocycles. The molecule has 0 aliphatic heterocycles. The molecule has 2 atom stereocenters. The number of hydrogen-bond donors (Lipinski definition) is 1. The Hall–Kier alpha value is -0.340. The second-order valence-corrected chi connectivity index (χ2v) is 5.86. The number of aliphatic hydroxyl groups excluding tert-OH is 1. The number of aryl methyl sites for hydroxylation is 1. The lowest BCUT2D eigenvalue weighted by molar-refractivity contribution is 0.257. The Morgan fingerprint density at radius 3 is 2.54 bits per heavy atom. The minimum absolute atomic E-state index is 0.312. The SMILES string of the molecule is Cc1ccc(C2C(CO)C2(C)C)s1. The monoisotopic (exact) mass is 196 g/mol. The van der Waals surface area contributed by atoms with Crippen molar-refractivity contribution in [2.24, 2.45) is 11.3 Å². The van der Waals surface area contributed by atoms with Crippen LogP contribution in [0.4, 0.5) is 0 Å². The van der Waals surface area contributed by atoms with Crippen LogP contribution in [-0.4, -0.2) is 11.7 Å². The molecule has 1 N–H and O–H groups in total. The van der Waals surface area contributed by atoms with E-state index in [0.29, 0.717) is 23.9 Å². The smallest absolute Gasteiger partial charge is 0.0470 e. The van der Waals surface area contributed by atoms with Gasteiger partial charge in [-0.15, -0.1) is 11.3 Å². The van der Waals surface area contributed by atoms with Crippen LogP contribution in [0.1, 0.15) is 29.5 Å². The van der Waals surface area contributed by atoms with Crippen molar-refractivity contribution in [1.82, 2.24) is 0 Å². The van der Waals surface area contributed by atoms with Crippen LogP contribution in [0.2, 0.25) is 0 Å². The zero-order chi connectivity index (χ0) is 9.64. The molecular formula is C11H16OS. The van der Waals surface area contributed by atoms with E-state index in [0.717, 1.165) is 0 Å². The van der Waals surface area contributed by atoms with Gasteiger partial charge in [-0.25, -0.2) is 0 Å². The van der Waals surface area contributed by atoms with Gasteiger partial charge in [0.1, 0.15) is 0 Å². The molecule has 0 amide bonds. The summed E-state index contributed by atoms with van der Waals surface area (Å²) in [4.78, 5) is 2.82. The topological polar surface area (TPSA) is 20.2 Å². The molecule has 2 unspecified atom stereocenters. The van der Waals surface area contributed by atoms with Crippen LogP contribution in [0.3, 0.4) is 0 Å². The van der Waals surface area contributed by atoms with Crippen molar-refractivity contribution in [2.45, 2.75) is 26.7 Å². The van der Waals surface area contributed by atoms with Crippen LogP contribution in [0.15, 0.2) is 12.1 Å². The largest absolute Gasteiger partial charge is 0.396 e. The third-order valence-electron chi connectivity index (χ3n) is 3.31. The van der Waals surface area contributed by atoms with Gasteiger partial charge in [0.25, 0.3) is 0 Å². The summed E-state index contributed by atoms with van der Waals surface area (Å²) in [5.41, 5.74) is 0.312. The van der Waals surface area contributed by atoms with Gasteiger partial charge in [-0.3, -0.25) is 0 Å². The maximum Gasteiger partial charge on any atom is 0.0470 e. The minimum atomic E-state index is 0.312. The van der Waals surface area contributed by atoms with Crippen LogP contribution in [0, 0.1) is 18.3 Å². The Kier molecular flexibility index (Phi) is 2.00. The van der Waals surface area contributed by atoms with Gasteiger partial charge in [0, 0.05) is 22.3 Å². The van der Waals surface area contributed by atoms with E-state index in [-0.39, 0.29) is 0 Å². The summed E-state index contributed by atoms with van der Waals surface area (Å²) in [5, 5.41) is 9.18. The summed E-state index contributed by atoms with van der Waals surface area (Å²) in [7, 11) is 0. The van der Waals surface area contributed by atoms with Gasteiger partial charge >= 0.3 is 0 Å². The molecule has 0 radical (unpaired) electrons. The van der Waals surface area contributed by atoms with Gasteiger partial charge < -0.3 is 5.11 Å². The molecular weight excluding hydrogens is 180 g/mol. The second-order valence-electron chi connectivity index (χ2n) is 4.54. The van der Waals surface area contributed by atoms with E-state index in [1.54, 1.807) is 0 Å². The molecule has 0 spiro atoms. The second kappa shape index (κ2) is 2.82. The highest BCUT2D eigenvalue weighted by Crippen LogP contribution is 2.64. The first-order valence-electron chi connectivity index (χ1n) is 4.74. The summed E-state index contributed by atoms with van der Waals surface area (Å²) in [5.74, 6) is 1.07. The molecule has 1 aliphatic carbocycles.